The van der Waals surface area contributed by atoms with Gasteiger partial charge >= 0.3 is 0 Å². The standard InChI is InChI=1S/C27H26FN3O2/c28-22-11-13-23(14-12-22)31-25(19-24(32)27(31)33)29-15-17-30(18-16-29)26(20-7-3-1-4-8-20)21-9-5-2-6-10-21/h1-14,25-26H,15-19H2. The number of hydrogen-bond donors (Lipinski definition) is 0. The van der Waals surface area contributed by atoms with Crippen LogP contribution < -0.4 is 4.90 Å². The van der Waals surface area contributed by atoms with Crippen molar-refractivity contribution in [1.82, 2.24) is 9.80 Å². The zero-order chi connectivity index (χ0) is 22.8. The first kappa shape index (κ1) is 21.5. The first-order valence-electron chi connectivity index (χ1n) is 11.3. The Morgan fingerprint density at radius 1 is 0.727 bits per heavy atom. The van der Waals surface area contributed by atoms with E-state index in [1.807, 2.05) is 12.1 Å². The Hall–Kier alpha value is -3.35. The number of carbonyl (C=O) groups is 2. The Balaban J connectivity index is 1.35. The molecule has 0 aliphatic carbocycles. The van der Waals surface area contributed by atoms with Gasteiger partial charge in [0.2, 0.25) is 5.78 Å². The molecule has 5 rings (SSSR count). The van der Waals surface area contributed by atoms with Crippen molar-refractivity contribution in [2.75, 3.05) is 31.1 Å². The highest BCUT2D eigenvalue weighted by molar-refractivity contribution is 6.44. The summed E-state index contributed by atoms with van der Waals surface area (Å²) in [6, 6.07) is 26.9. The second kappa shape index (κ2) is 9.25. The first-order chi connectivity index (χ1) is 16.1. The molecule has 1 unspecified atom stereocenters. The molecular formula is C27H26FN3O2. The number of halogens is 1. The summed E-state index contributed by atoms with van der Waals surface area (Å²) in [7, 11) is 0. The molecule has 0 saturated carbocycles. The summed E-state index contributed by atoms with van der Waals surface area (Å²) < 4.78 is 13.4. The quantitative estimate of drug-likeness (QED) is 0.562. The van der Waals surface area contributed by atoms with Gasteiger partial charge in [0.1, 0.15) is 5.82 Å². The van der Waals surface area contributed by atoms with Crippen LogP contribution in [-0.4, -0.2) is 53.8 Å². The van der Waals surface area contributed by atoms with Gasteiger partial charge in [0.25, 0.3) is 5.91 Å². The number of benzene rings is 3. The van der Waals surface area contributed by atoms with Crippen molar-refractivity contribution in [3.8, 4) is 0 Å². The molecule has 1 amide bonds. The highest BCUT2D eigenvalue weighted by Crippen LogP contribution is 2.32. The lowest BCUT2D eigenvalue weighted by Gasteiger charge is -2.43. The molecule has 0 spiro atoms. The van der Waals surface area contributed by atoms with Crippen molar-refractivity contribution >= 4 is 17.4 Å². The third kappa shape index (κ3) is 4.32. The van der Waals surface area contributed by atoms with Crippen LogP contribution in [0.15, 0.2) is 84.9 Å². The fourth-order valence-corrected chi connectivity index (χ4v) is 4.98. The summed E-state index contributed by atoms with van der Waals surface area (Å²) in [5.74, 6) is -1.27. The SMILES string of the molecule is O=C1CC(N2CCN(C(c3ccccc3)c3ccccc3)CC2)N(c2ccc(F)cc2)C1=O. The van der Waals surface area contributed by atoms with Crippen LogP contribution >= 0.6 is 0 Å². The molecule has 0 radical (unpaired) electrons. The van der Waals surface area contributed by atoms with E-state index in [1.54, 1.807) is 12.1 Å². The van der Waals surface area contributed by atoms with E-state index in [-0.39, 0.29) is 24.4 Å². The lowest BCUT2D eigenvalue weighted by molar-refractivity contribution is -0.133. The Kier molecular flexibility index (Phi) is 6.03. The minimum Gasteiger partial charge on any atom is -0.290 e. The van der Waals surface area contributed by atoms with Crippen molar-refractivity contribution in [3.05, 3.63) is 102 Å². The molecule has 2 heterocycles. The molecule has 33 heavy (non-hydrogen) atoms. The molecule has 0 N–H and O–H groups in total. The molecule has 2 aliphatic heterocycles. The van der Waals surface area contributed by atoms with Crippen LogP contribution in [0.5, 0.6) is 0 Å². The topological polar surface area (TPSA) is 43.9 Å². The Morgan fingerprint density at radius 3 is 1.82 bits per heavy atom. The van der Waals surface area contributed by atoms with Gasteiger partial charge in [-0.15, -0.1) is 0 Å². The van der Waals surface area contributed by atoms with Crippen LogP contribution in [0.4, 0.5) is 10.1 Å². The summed E-state index contributed by atoms with van der Waals surface area (Å²) in [5.41, 5.74) is 3.05. The molecule has 2 fully saturated rings. The summed E-state index contributed by atoms with van der Waals surface area (Å²) in [6.45, 7) is 3.09. The summed E-state index contributed by atoms with van der Waals surface area (Å²) in [6.07, 6.45) is -0.165. The third-order valence-electron chi connectivity index (χ3n) is 6.59. The Labute approximate surface area is 193 Å². The van der Waals surface area contributed by atoms with Crippen molar-refractivity contribution in [2.24, 2.45) is 0 Å². The highest BCUT2D eigenvalue weighted by Gasteiger charge is 2.43. The maximum atomic E-state index is 13.4. The van der Waals surface area contributed by atoms with E-state index < -0.39 is 11.7 Å². The Bertz CT molecular complexity index is 1070. The van der Waals surface area contributed by atoms with Gasteiger partial charge in [-0.25, -0.2) is 4.39 Å². The van der Waals surface area contributed by atoms with Crippen molar-refractivity contribution in [3.63, 3.8) is 0 Å². The number of rotatable bonds is 5. The average Bonchev–Trinajstić information content (AvgIpc) is 3.16. The second-order valence-corrected chi connectivity index (χ2v) is 8.56. The van der Waals surface area contributed by atoms with E-state index in [2.05, 4.69) is 58.3 Å². The number of nitrogens with zero attached hydrogens (tertiary/aromatic N) is 3. The normalized spacial score (nSPS) is 20.1. The molecule has 6 heteroatoms. The maximum absolute atomic E-state index is 13.4. The number of ketones is 1. The fourth-order valence-electron chi connectivity index (χ4n) is 4.98. The molecule has 5 nitrogen and oxygen atoms in total. The van der Waals surface area contributed by atoms with E-state index in [9.17, 15) is 14.0 Å². The summed E-state index contributed by atoms with van der Waals surface area (Å²) in [4.78, 5) is 31.1. The number of piperazine rings is 1. The molecule has 2 aliphatic rings. The van der Waals surface area contributed by atoms with Crippen molar-refractivity contribution < 1.29 is 14.0 Å². The van der Waals surface area contributed by atoms with Gasteiger partial charge in [-0.05, 0) is 35.4 Å². The summed E-state index contributed by atoms with van der Waals surface area (Å²) >= 11 is 0. The summed E-state index contributed by atoms with van der Waals surface area (Å²) in [5, 5.41) is 0. The van der Waals surface area contributed by atoms with E-state index in [0.29, 0.717) is 5.69 Å². The van der Waals surface area contributed by atoms with E-state index in [1.165, 1.54) is 28.2 Å². The molecule has 3 aromatic carbocycles. The van der Waals surface area contributed by atoms with E-state index in [4.69, 9.17) is 0 Å². The fraction of sp³-hybridized carbons (Fsp3) is 0.259. The molecule has 0 aromatic heterocycles. The van der Waals surface area contributed by atoms with Gasteiger partial charge in [0.15, 0.2) is 0 Å². The first-order valence-corrected chi connectivity index (χ1v) is 11.3. The molecular weight excluding hydrogens is 417 g/mol. The number of carbonyl (C=O) groups excluding carboxylic acids is 2. The number of amides is 1. The predicted molar refractivity (Wildman–Crippen MR) is 125 cm³/mol. The van der Waals surface area contributed by atoms with Gasteiger partial charge in [-0.1, -0.05) is 60.7 Å². The van der Waals surface area contributed by atoms with Gasteiger partial charge in [0, 0.05) is 31.9 Å². The van der Waals surface area contributed by atoms with Gasteiger partial charge in [0.05, 0.1) is 18.6 Å². The minimum absolute atomic E-state index is 0.148. The Morgan fingerprint density at radius 2 is 1.27 bits per heavy atom. The van der Waals surface area contributed by atoms with Gasteiger partial charge in [-0.2, -0.15) is 0 Å². The molecule has 3 aromatic rings. The van der Waals surface area contributed by atoms with Crippen LogP contribution in [0.3, 0.4) is 0 Å². The minimum atomic E-state index is -0.513. The highest BCUT2D eigenvalue weighted by atomic mass is 19.1. The largest absolute Gasteiger partial charge is 0.295 e. The monoisotopic (exact) mass is 443 g/mol. The van der Waals surface area contributed by atoms with Crippen LogP contribution in [0.25, 0.3) is 0 Å². The number of hydrogen-bond acceptors (Lipinski definition) is 4. The molecule has 1 atom stereocenters. The van der Waals surface area contributed by atoms with Crippen LogP contribution in [-0.2, 0) is 9.59 Å². The zero-order valence-corrected chi connectivity index (χ0v) is 18.3. The zero-order valence-electron chi connectivity index (χ0n) is 18.3. The van der Waals surface area contributed by atoms with Crippen molar-refractivity contribution in [2.45, 2.75) is 18.6 Å². The van der Waals surface area contributed by atoms with Gasteiger partial charge in [-0.3, -0.25) is 24.3 Å². The lowest BCUT2D eigenvalue weighted by atomic mass is 9.96. The van der Waals surface area contributed by atoms with Crippen molar-refractivity contribution in [1.29, 1.82) is 0 Å². The van der Waals surface area contributed by atoms with E-state index >= 15 is 0 Å². The average molecular weight is 444 g/mol. The smallest absolute Gasteiger partial charge is 0.290 e. The van der Waals surface area contributed by atoms with E-state index in [0.717, 1.165) is 26.2 Å². The molecule has 2 saturated heterocycles. The number of anilines is 1. The molecule has 0 bridgehead atoms. The predicted octanol–water partition coefficient (Wildman–Crippen LogP) is 3.86. The second-order valence-electron chi connectivity index (χ2n) is 8.56. The van der Waals surface area contributed by atoms with Crippen LogP contribution in [0.2, 0.25) is 0 Å². The number of Topliss-reactive ketones (excluding diaryl/α,β-unsaturated/α-hetero) is 1. The van der Waals surface area contributed by atoms with Gasteiger partial charge < -0.3 is 0 Å². The third-order valence-corrected chi connectivity index (χ3v) is 6.59. The maximum Gasteiger partial charge on any atom is 0.295 e. The lowest BCUT2D eigenvalue weighted by Crippen LogP contribution is -2.55. The van der Waals surface area contributed by atoms with Crippen LogP contribution in [0, 0.1) is 5.82 Å². The molecule has 168 valence electrons. The van der Waals surface area contributed by atoms with Crippen LogP contribution in [0.1, 0.15) is 23.6 Å².